The van der Waals surface area contributed by atoms with E-state index < -0.39 is 15.1 Å². The van der Waals surface area contributed by atoms with Crippen molar-refractivity contribution in [2.75, 3.05) is 90.5 Å². The third-order valence-electron chi connectivity index (χ3n) is 15.4. The van der Waals surface area contributed by atoms with Gasteiger partial charge < -0.3 is 24.3 Å². The quantitative estimate of drug-likeness (QED) is 0.155. The maximum Gasteiger partial charge on any atom is 0.305 e. The topological polar surface area (TPSA) is 93.7 Å². The van der Waals surface area contributed by atoms with Crippen molar-refractivity contribution in [3.63, 3.8) is 0 Å². The van der Waals surface area contributed by atoms with Gasteiger partial charge in [-0.15, -0.1) is 0 Å². The molecule has 0 aromatic heterocycles. The number of carbonyl (C=O) groups is 2. The van der Waals surface area contributed by atoms with Gasteiger partial charge in [-0.3, -0.25) is 14.5 Å². The van der Waals surface area contributed by atoms with E-state index in [1.807, 2.05) is 30.3 Å². The van der Waals surface area contributed by atoms with Crippen molar-refractivity contribution in [1.29, 1.82) is 0 Å². The molecule has 328 valence electrons. The number of hydrogen-bond acceptors (Lipinski definition) is 9. The molecule has 1 unspecified atom stereocenters. The molecule has 2 aromatic rings. The van der Waals surface area contributed by atoms with Gasteiger partial charge in [-0.25, -0.2) is 12.8 Å². The van der Waals surface area contributed by atoms with Gasteiger partial charge in [-0.2, -0.15) is 0 Å². The fourth-order valence-electron chi connectivity index (χ4n) is 11.9. The van der Waals surface area contributed by atoms with Crippen LogP contribution in [0.1, 0.15) is 89.0 Å². The van der Waals surface area contributed by atoms with Crippen LogP contribution in [-0.2, 0) is 29.6 Å². The molecule has 1 saturated carbocycles. The lowest BCUT2D eigenvalue weighted by Gasteiger charge is -2.54. The van der Waals surface area contributed by atoms with Crippen LogP contribution in [0.25, 0.3) is 0 Å². The smallest absolute Gasteiger partial charge is 0.305 e. The molecule has 0 N–H and O–H groups in total. The van der Waals surface area contributed by atoms with Gasteiger partial charge in [0.15, 0.2) is 9.84 Å². The second kappa shape index (κ2) is 19.4. The molecule has 1 aliphatic carbocycles. The number of amides is 1. The number of anilines is 1. The molecule has 6 aliphatic rings. The highest BCUT2D eigenvalue weighted by Crippen LogP contribution is 2.54. The molecular formula is C48H68FN5O5S. The van der Waals surface area contributed by atoms with Crippen LogP contribution in [0.5, 0.6) is 0 Å². The van der Waals surface area contributed by atoms with Crippen molar-refractivity contribution in [2.24, 2.45) is 17.8 Å². The lowest BCUT2D eigenvalue weighted by Crippen LogP contribution is -2.57. The van der Waals surface area contributed by atoms with Crippen LogP contribution in [-0.4, -0.2) is 137 Å². The van der Waals surface area contributed by atoms with E-state index in [0.717, 1.165) is 128 Å². The predicted molar refractivity (Wildman–Crippen MR) is 234 cm³/mol. The van der Waals surface area contributed by atoms with Crippen molar-refractivity contribution >= 4 is 27.4 Å². The fourth-order valence-corrected chi connectivity index (χ4v) is 13.6. The summed E-state index contributed by atoms with van der Waals surface area (Å²) in [5.41, 5.74) is 1.96. The Bertz CT molecular complexity index is 1910. The molecule has 0 spiro atoms. The summed E-state index contributed by atoms with van der Waals surface area (Å²) in [7, 11) is -2.04. The Hall–Kier alpha value is -3.32. The number of nitrogens with zero attached hydrogens (tertiary/aromatic N) is 5. The first-order valence-corrected chi connectivity index (χ1v) is 24.7. The Morgan fingerprint density at radius 1 is 0.800 bits per heavy atom. The summed E-state index contributed by atoms with van der Waals surface area (Å²) < 4.78 is 47.4. The van der Waals surface area contributed by atoms with Gasteiger partial charge in [0.25, 0.3) is 0 Å². The van der Waals surface area contributed by atoms with Gasteiger partial charge in [-0.05, 0) is 163 Å². The van der Waals surface area contributed by atoms with Gasteiger partial charge >= 0.3 is 5.97 Å². The van der Waals surface area contributed by atoms with E-state index in [9.17, 15) is 18.0 Å². The molecule has 5 aliphatic heterocycles. The van der Waals surface area contributed by atoms with Crippen LogP contribution in [0.3, 0.4) is 0 Å². The zero-order chi connectivity index (χ0) is 41.7. The maximum atomic E-state index is 15.1. The zero-order valence-corrected chi connectivity index (χ0v) is 36.7. The van der Waals surface area contributed by atoms with Crippen molar-refractivity contribution in [3.05, 3.63) is 72.1 Å². The Morgan fingerprint density at radius 3 is 2.25 bits per heavy atom. The van der Waals surface area contributed by atoms with E-state index in [0.29, 0.717) is 29.2 Å². The highest BCUT2D eigenvalue weighted by Gasteiger charge is 2.53. The second-order valence-corrected chi connectivity index (χ2v) is 21.0. The molecule has 5 heterocycles. The number of methoxy groups -OCH3 is 1. The zero-order valence-electron chi connectivity index (χ0n) is 35.9. The summed E-state index contributed by atoms with van der Waals surface area (Å²) in [5, 5.41) is -0.569. The lowest BCUT2D eigenvalue weighted by molar-refractivity contribution is -0.142. The molecule has 0 bridgehead atoms. The molecular weight excluding hydrogens is 778 g/mol. The number of benzene rings is 2. The van der Waals surface area contributed by atoms with E-state index in [1.54, 1.807) is 29.2 Å². The first kappa shape index (κ1) is 43.3. The van der Waals surface area contributed by atoms with Crippen LogP contribution < -0.4 is 4.90 Å². The number of halogens is 1. The third-order valence-corrected chi connectivity index (χ3v) is 17.6. The van der Waals surface area contributed by atoms with Crippen LogP contribution in [0.4, 0.5) is 10.1 Å². The minimum Gasteiger partial charge on any atom is -0.469 e. The van der Waals surface area contributed by atoms with Gasteiger partial charge in [0.2, 0.25) is 5.91 Å². The van der Waals surface area contributed by atoms with Crippen molar-refractivity contribution in [3.8, 4) is 0 Å². The molecule has 60 heavy (non-hydrogen) atoms. The molecule has 1 amide bonds. The average molecular weight is 846 g/mol. The maximum absolute atomic E-state index is 15.1. The Balaban J connectivity index is 0.873. The van der Waals surface area contributed by atoms with Crippen LogP contribution in [0.2, 0.25) is 0 Å². The molecule has 10 nitrogen and oxygen atoms in total. The third kappa shape index (κ3) is 9.52. The Morgan fingerprint density at radius 2 is 1.55 bits per heavy atom. The molecule has 2 aromatic carbocycles. The Kier molecular flexibility index (Phi) is 14.0. The SMILES string of the molecule is COC(=O)C[C@H]1CCC[C@@H]1[C@](CN1CCC1)(c1cccc(F)c1)C1CCN(C2CCCN(c3ccc(S(=O)(=O)C4CN(C(=O)/C=C/CN5CCCCC5)C4)cc3)CC2)CC1. The summed E-state index contributed by atoms with van der Waals surface area (Å²) in [6.45, 7) is 10.4. The average Bonchev–Trinajstić information content (AvgIpc) is 3.54. The number of ether oxygens (including phenoxy) is 1. The summed E-state index contributed by atoms with van der Waals surface area (Å²) >= 11 is 0. The first-order chi connectivity index (χ1) is 29.1. The fraction of sp³-hybridized carbons (Fsp3) is 0.667. The number of sulfone groups is 1. The van der Waals surface area contributed by atoms with Crippen LogP contribution in [0, 0.1) is 23.6 Å². The van der Waals surface area contributed by atoms with E-state index in [1.165, 1.54) is 32.8 Å². The number of hydrogen-bond donors (Lipinski definition) is 0. The normalized spacial score (nSPS) is 26.7. The number of carbonyl (C=O) groups excluding carboxylic acids is 2. The second-order valence-electron chi connectivity index (χ2n) is 18.8. The molecule has 4 atom stereocenters. The van der Waals surface area contributed by atoms with E-state index >= 15 is 4.39 Å². The van der Waals surface area contributed by atoms with Crippen molar-refractivity contribution in [2.45, 2.75) is 105 Å². The highest BCUT2D eigenvalue weighted by atomic mass is 32.2. The highest BCUT2D eigenvalue weighted by molar-refractivity contribution is 7.92. The standard InChI is InChI=1S/C48H68FN5O5S/c1-59-47(56)32-37-10-5-14-45(37)48(36-51-26-9-27-51,39-11-6-12-40(49)33-39)38-20-29-53(30-21-38)41-13-7-28-52(31-22-41)42-16-18-43(19-17-42)60(57,58)44-34-54(35-44)46(55)15-8-25-50-23-3-2-4-24-50/h6,8,11-12,15-19,33,37-38,41,44-45H,2-5,7,9-10,13-14,20-32,34-36H2,1H3/b15-8+/t37-,41?,45+,48+/m1/s1. The molecule has 6 fully saturated rings. The van der Waals surface area contributed by atoms with E-state index in [2.05, 4.69) is 25.7 Å². The van der Waals surface area contributed by atoms with Gasteiger partial charge in [0, 0.05) is 68.9 Å². The van der Waals surface area contributed by atoms with Gasteiger partial charge in [0.05, 0.1) is 12.0 Å². The Labute approximate surface area is 358 Å². The number of rotatable bonds is 14. The van der Waals surface area contributed by atoms with Crippen molar-refractivity contribution < 1.29 is 27.1 Å². The lowest BCUT2D eigenvalue weighted by atomic mass is 9.56. The van der Waals surface area contributed by atoms with E-state index in [-0.39, 0.29) is 42.1 Å². The molecule has 5 saturated heterocycles. The van der Waals surface area contributed by atoms with Crippen LogP contribution in [0.15, 0.2) is 65.6 Å². The predicted octanol–water partition coefficient (Wildman–Crippen LogP) is 6.55. The summed E-state index contributed by atoms with van der Waals surface area (Å²) in [6.07, 6.45) is 17.4. The molecule has 12 heteroatoms. The van der Waals surface area contributed by atoms with Gasteiger partial charge in [-0.1, -0.05) is 31.1 Å². The number of esters is 1. The monoisotopic (exact) mass is 845 g/mol. The van der Waals surface area contributed by atoms with Crippen molar-refractivity contribution in [1.82, 2.24) is 19.6 Å². The minimum absolute atomic E-state index is 0.105. The molecule has 0 radical (unpaired) electrons. The van der Waals surface area contributed by atoms with Gasteiger partial charge in [0.1, 0.15) is 11.1 Å². The summed E-state index contributed by atoms with van der Waals surface area (Å²) in [5.74, 6) is 0.519. The summed E-state index contributed by atoms with van der Waals surface area (Å²) in [4.78, 5) is 37.4. The van der Waals surface area contributed by atoms with E-state index in [4.69, 9.17) is 4.74 Å². The van der Waals surface area contributed by atoms with Crippen LogP contribution >= 0.6 is 0 Å². The minimum atomic E-state index is -3.53. The number of likely N-dealkylation sites (tertiary alicyclic amines) is 4. The summed E-state index contributed by atoms with van der Waals surface area (Å²) in [6, 6.07) is 15.4. The molecule has 8 rings (SSSR count). The first-order valence-electron chi connectivity index (χ1n) is 23.2. The number of piperidine rings is 2. The largest absolute Gasteiger partial charge is 0.469 e.